The molecule has 0 atom stereocenters. The summed E-state index contributed by atoms with van der Waals surface area (Å²) < 4.78 is 5.10. The Morgan fingerprint density at radius 1 is 1.45 bits per heavy atom. The van der Waals surface area contributed by atoms with Crippen molar-refractivity contribution in [2.24, 2.45) is 5.92 Å². The highest BCUT2D eigenvalue weighted by molar-refractivity contribution is 5.91. The van der Waals surface area contributed by atoms with Crippen LogP contribution in [0, 0.1) is 5.92 Å². The zero-order chi connectivity index (χ0) is 14.7. The second kappa shape index (κ2) is 6.27. The number of carbonyl (C=O) groups is 1. The molecule has 1 N–H and O–H groups in total. The van der Waals surface area contributed by atoms with Crippen LogP contribution in [0.15, 0.2) is 18.2 Å². The molecule has 0 heterocycles. The highest BCUT2D eigenvalue weighted by atomic mass is 16.5. The lowest BCUT2D eigenvalue weighted by atomic mass is 10.1. The van der Waals surface area contributed by atoms with E-state index in [0.29, 0.717) is 17.7 Å². The molecule has 1 aromatic rings. The Morgan fingerprint density at radius 3 is 2.65 bits per heavy atom. The minimum absolute atomic E-state index is 0.241. The fourth-order valence-corrected chi connectivity index (χ4v) is 2.51. The second-order valence-corrected chi connectivity index (χ2v) is 5.89. The van der Waals surface area contributed by atoms with E-state index in [9.17, 15) is 9.90 Å². The predicted octanol–water partition coefficient (Wildman–Crippen LogP) is 3.01. The normalized spacial score (nSPS) is 14.8. The van der Waals surface area contributed by atoms with E-state index >= 15 is 0 Å². The Morgan fingerprint density at radius 2 is 2.15 bits per heavy atom. The first kappa shape index (κ1) is 14.9. The van der Waals surface area contributed by atoms with Crippen LogP contribution in [0.4, 0.5) is 0 Å². The van der Waals surface area contributed by atoms with Gasteiger partial charge in [0.1, 0.15) is 11.3 Å². The Kier molecular flexibility index (Phi) is 4.65. The van der Waals surface area contributed by atoms with Crippen molar-refractivity contribution in [3.8, 4) is 5.75 Å². The lowest BCUT2D eigenvalue weighted by molar-refractivity contribution is 0.0693. The van der Waals surface area contributed by atoms with Crippen LogP contribution in [-0.2, 0) is 6.54 Å². The van der Waals surface area contributed by atoms with Crippen LogP contribution in [0.3, 0.4) is 0 Å². The molecule has 0 radical (unpaired) electrons. The molecular weight excluding hydrogens is 254 g/mol. The zero-order valence-corrected chi connectivity index (χ0v) is 12.4. The maximum Gasteiger partial charge on any atom is 0.339 e. The summed E-state index contributed by atoms with van der Waals surface area (Å²) in [5.41, 5.74) is 1.28. The molecule has 0 unspecified atom stereocenters. The van der Waals surface area contributed by atoms with Gasteiger partial charge in [-0.05, 0) is 36.5 Å². The molecular formula is C16H23NO3. The van der Waals surface area contributed by atoms with Crippen LogP contribution in [-0.4, -0.2) is 35.7 Å². The standard InChI is InChI=1S/C16H23NO3/c1-11(2)9-17(13-5-6-13)10-12-4-7-15(20-3)14(8-12)16(18)19/h4,7-8,11,13H,5-6,9-10H2,1-3H3,(H,18,19). The molecule has 1 aliphatic rings. The fraction of sp³-hybridized carbons (Fsp3) is 0.562. The van der Waals surface area contributed by atoms with Gasteiger partial charge in [-0.15, -0.1) is 0 Å². The fourth-order valence-electron chi connectivity index (χ4n) is 2.51. The van der Waals surface area contributed by atoms with Crippen molar-refractivity contribution in [1.29, 1.82) is 0 Å². The van der Waals surface area contributed by atoms with E-state index in [4.69, 9.17) is 4.74 Å². The third-order valence-electron chi connectivity index (χ3n) is 3.54. The second-order valence-electron chi connectivity index (χ2n) is 5.89. The van der Waals surface area contributed by atoms with Gasteiger partial charge in [0, 0.05) is 19.1 Å². The lowest BCUT2D eigenvalue weighted by Crippen LogP contribution is -2.29. The molecule has 0 aromatic heterocycles. The highest BCUT2D eigenvalue weighted by Crippen LogP contribution is 2.30. The van der Waals surface area contributed by atoms with Gasteiger partial charge >= 0.3 is 5.97 Å². The molecule has 4 nitrogen and oxygen atoms in total. The number of nitrogens with zero attached hydrogens (tertiary/aromatic N) is 1. The Labute approximate surface area is 120 Å². The van der Waals surface area contributed by atoms with Gasteiger partial charge in [-0.2, -0.15) is 0 Å². The van der Waals surface area contributed by atoms with Crippen LogP contribution in [0.25, 0.3) is 0 Å². The van der Waals surface area contributed by atoms with Crippen molar-refractivity contribution in [2.75, 3.05) is 13.7 Å². The summed E-state index contributed by atoms with van der Waals surface area (Å²) in [6, 6.07) is 6.12. The first-order chi connectivity index (χ1) is 9.51. The number of rotatable bonds is 7. The van der Waals surface area contributed by atoms with E-state index in [1.807, 2.05) is 6.07 Å². The quantitative estimate of drug-likeness (QED) is 0.832. The van der Waals surface area contributed by atoms with Crippen molar-refractivity contribution in [3.63, 3.8) is 0 Å². The maximum atomic E-state index is 11.2. The van der Waals surface area contributed by atoms with Gasteiger partial charge in [-0.1, -0.05) is 19.9 Å². The molecule has 1 fully saturated rings. The van der Waals surface area contributed by atoms with Crippen LogP contribution in [0.1, 0.15) is 42.6 Å². The van der Waals surface area contributed by atoms with E-state index in [0.717, 1.165) is 18.7 Å². The highest BCUT2D eigenvalue weighted by Gasteiger charge is 2.29. The molecule has 20 heavy (non-hydrogen) atoms. The Balaban J connectivity index is 2.15. The predicted molar refractivity (Wildman–Crippen MR) is 78.2 cm³/mol. The minimum atomic E-state index is -0.939. The third kappa shape index (κ3) is 3.73. The molecule has 0 aliphatic heterocycles. The van der Waals surface area contributed by atoms with Gasteiger partial charge in [0.2, 0.25) is 0 Å². The lowest BCUT2D eigenvalue weighted by Gasteiger charge is -2.24. The van der Waals surface area contributed by atoms with Gasteiger partial charge in [0.05, 0.1) is 7.11 Å². The largest absolute Gasteiger partial charge is 0.496 e. The molecule has 1 aliphatic carbocycles. The van der Waals surface area contributed by atoms with E-state index in [2.05, 4.69) is 18.7 Å². The average Bonchev–Trinajstić information content (AvgIpc) is 3.21. The molecule has 1 saturated carbocycles. The van der Waals surface area contributed by atoms with Crippen molar-refractivity contribution in [2.45, 2.75) is 39.3 Å². The van der Waals surface area contributed by atoms with E-state index in [1.165, 1.54) is 20.0 Å². The number of hydrogen-bond donors (Lipinski definition) is 1. The van der Waals surface area contributed by atoms with E-state index < -0.39 is 5.97 Å². The minimum Gasteiger partial charge on any atom is -0.496 e. The number of carboxylic acid groups (broad SMARTS) is 1. The van der Waals surface area contributed by atoms with Gasteiger partial charge in [-0.3, -0.25) is 4.90 Å². The molecule has 0 saturated heterocycles. The first-order valence-electron chi connectivity index (χ1n) is 7.15. The van der Waals surface area contributed by atoms with Crippen LogP contribution in [0.5, 0.6) is 5.75 Å². The summed E-state index contributed by atoms with van der Waals surface area (Å²) in [5.74, 6) is 0.0985. The van der Waals surface area contributed by atoms with Gasteiger partial charge in [0.15, 0.2) is 0 Å². The number of hydrogen-bond acceptors (Lipinski definition) is 3. The summed E-state index contributed by atoms with van der Waals surface area (Å²) in [6.07, 6.45) is 2.52. The van der Waals surface area contributed by atoms with Gasteiger partial charge in [0.25, 0.3) is 0 Å². The summed E-state index contributed by atoms with van der Waals surface area (Å²) in [7, 11) is 1.50. The molecule has 0 amide bonds. The number of methoxy groups -OCH3 is 1. The van der Waals surface area contributed by atoms with E-state index in [1.54, 1.807) is 12.1 Å². The van der Waals surface area contributed by atoms with Crippen LogP contribution >= 0.6 is 0 Å². The summed E-state index contributed by atoms with van der Waals surface area (Å²) in [4.78, 5) is 13.7. The molecule has 4 heteroatoms. The summed E-state index contributed by atoms with van der Waals surface area (Å²) >= 11 is 0. The molecule has 0 bridgehead atoms. The first-order valence-corrected chi connectivity index (χ1v) is 7.15. The SMILES string of the molecule is COc1ccc(CN(CC(C)C)C2CC2)cc1C(=O)O. The monoisotopic (exact) mass is 277 g/mol. The topological polar surface area (TPSA) is 49.8 Å². The number of benzene rings is 1. The molecule has 1 aromatic carbocycles. The van der Waals surface area contributed by atoms with E-state index in [-0.39, 0.29) is 5.56 Å². The molecule has 110 valence electrons. The molecule has 0 spiro atoms. The van der Waals surface area contributed by atoms with Crippen molar-refractivity contribution < 1.29 is 14.6 Å². The molecule has 2 rings (SSSR count). The maximum absolute atomic E-state index is 11.2. The van der Waals surface area contributed by atoms with Crippen LogP contribution < -0.4 is 4.74 Å². The third-order valence-corrected chi connectivity index (χ3v) is 3.54. The Hall–Kier alpha value is -1.55. The van der Waals surface area contributed by atoms with Crippen molar-refractivity contribution in [3.05, 3.63) is 29.3 Å². The Bertz CT molecular complexity index is 481. The smallest absolute Gasteiger partial charge is 0.339 e. The zero-order valence-electron chi connectivity index (χ0n) is 12.4. The number of aromatic carboxylic acids is 1. The van der Waals surface area contributed by atoms with Crippen molar-refractivity contribution in [1.82, 2.24) is 4.90 Å². The summed E-state index contributed by atoms with van der Waals surface area (Å²) in [6.45, 7) is 6.30. The van der Waals surface area contributed by atoms with Crippen molar-refractivity contribution >= 4 is 5.97 Å². The number of ether oxygens (including phenoxy) is 1. The van der Waals surface area contributed by atoms with Crippen LogP contribution in [0.2, 0.25) is 0 Å². The van der Waals surface area contributed by atoms with Gasteiger partial charge in [-0.25, -0.2) is 4.79 Å². The average molecular weight is 277 g/mol. The number of carboxylic acids is 1. The van der Waals surface area contributed by atoms with Gasteiger partial charge < -0.3 is 9.84 Å². The summed E-state index contributed by atoms with van der Waals surface area (Å²) in [5, 5.41) is 9.23.